The molecule has 4 N–H and O–H groups in total. The third-order valence-electron chi connectivity index (χ3n) is 5.37. The molecule has 0 bridgehead atoms. The third-order valence-corrected chi connectivity index (χ3v) is 6.66. The normalized spacial score (nSPS) is 18.3. The van der Waals surface area contributed by atoms with Crippen LogP contribution >= 0.6 is 0 Å². The van der Waals surface area contributed by atoms with Crippen molar-refractivity contribution < 1.29 is 116 Å². The number of likely N-dealkylation sites (N-methyl/N-ethyl adjacent to an activating group) is 1. The molecule has 0 radical (unpaired) electrons. The van der Waals surface area contributed by atoms with Gasteiger partial charge in [-0.05, 0) is 24.6 Å². The summed E-state index contributed by atoms with van der Waals surface area (Å²) in [6, 6.07) is 0.170. The number of amides is 6. The molecule has 206 valence electrons. The average molecular weight is 612 g/mol. The molecule has 3 rings (SSSR count). The van der Waals surface area contributed by atoms with Crippen LogP contribution in [0.4, 0.5) is 4.79 Å². The van der Waals surface area contributed by atoms with Gasteiger partial charge in [-0.25, -0.2) is 9.10 Å². The minimum Gasteiger partial charge on any atom is -1.00 e. The van der Waals surface area contributed by atoms with Gasteiger partial charge >= 0.3 is 97.7 Å². The van der Waals surface area contributed by atoms with Gasteiger partial charge < -0.3 is 22.6 Å². The number of hydrogen-bond acceptors (Lipinski definition) is 10. The Kier molecular flexibility index (Phi) is 12.4. The number of urea groups is 1. The fraction of sp³-hybridized carbons (Fsp3) is 0.389. The molecular weight excluding hydrogens is 588 g/mol. The van der Waals surface area contributed by atoms with E-state index in [0.717, 1.165) is 24.3 Å². The Hall–Kier alpha value is -1.81. The molecule has 0 aromatic heterocycles. The first kappa shape index (κ1) is 35.2. The number of carbonyl (C=O) groups excluding carboxylic acids is 5. The quantitative estimate of drug-likeness (QED) is 0.0928. The van der Waals surface area contributed by atoms with E-state index in [4.69, 9.17) is 9.11 Å². The minimum absolute atomic E-state index is 0. The second-order valence-electron chi connectivity index (χ2n) is 7.71. The smallest absolute Gasteiger partial charge is 1.00 e. The van der Waals surface area contributed by atoms with Gasteiger partial charge in [0.25, 0.3) is 5.91 Å². The number of nitrogens with zero attached hydrogens (tertiary/aromatic N) is 3. The van der Waals surface area contributed by atoms with Crippen LogP contribution in [0.1, 0.15) is 21.4 Å². The van der Waals surface area contributed by atoms with E-state index >= 15 is 0 Å². The Balaban J connectivity index is 0. The molecule has 17 nitrogen and oxygen atoms in total. The number of benzene rings is 1. The molecule has 2 unspecified atom stereocenters. The zero-order valence-electron chi connectivity index (χ0n) is 22.9. The van der Waals surface area contributed by atoms with Gasteiger partial charge in [0.1, 0.15) is 17.8 Å². The van der Waals surface area contributed by atoms with E-state index in [0.29, 0.717) is 4.90 Å². The summed E-state index contributed by atoms with van der Waals surface area (Å²) in [6.07, 6.45) is 0. The number of piperazine rings is 1. The minimum atomic E-state index is -4.85. The van der Waals surface area contributed by atoms with Crippen LogP contribution in [-0.4, -0.2) is 102 Å². The Bertz CT molecular complexity index is 1370. The van der Waals surface area contributed by atoms with Crippen LogP contribution in [0.5, 0.6) is 5.75 Å². The summed E-state index contributed by atoms with van der Waals surface area (Å²) in [6.45, 7) is 1.16. The van der Waals surface area contributed by atoms with Crippen molar-refractivity contribution in [3.63, 3.8) is 0 Å². The predicted molar refractivity (Wildman–Crippen MR) is 121 cm³/mol. The molecule has 2 aliphatic rings. The van der Waals surface area contributed by atoms with Gasteiger partial charge in [-0.1, -0.05) is 12.1 Å². The number of rotatable bonds is 8. The molecule has 2 fully saturated rings. The maximum atomic E-state index is 13.0. The van der Waals surface area contributed by atoms with Crippen LogP contribution in [0.2, 0.25) is 0 Å². The van der Waals surface area contributed by atoms with Crippen molar-refractivity contribution in [3.8, 4) is 5.75 Å². The fourth-order valence-electron chi connectivity index (χ4n) is 3.47. The van der Waals surface area contributed by atoms with Crippen LogP contribution in [0.25, 0.3) is 0 Å². The van der Waals surface area contributed by atoms with Gasteiger partial charge in [-0.2, -0.15) is 16.8 Å². The summed E-state index contributed by atoms with van der Waals surface area (Å²) in [7, 11) is -9.68. The van der Waals surface area contributed by atoms with Crippen LogP contribution in [-0.2, 0) is 39.9 Å². The predicted octanol–water partition coefficient (Wildman–Crippen LogP) is -8.33. The van der Waals surface area contributed by atoms with E-state index in [1.165, 1.54) is 4.90 Å². The van der Waals surface area contributed by atoms with Gasteiger partial charge in [0, 0.05) is 19.6 Å². The molecule has 39 heavy (non-hydrogen) atoms. The summed E-state index contributed by atoms with van der Waals surface area (Å²) in [5.41, 5.74) is -0.0158. The first-order valence-corrected chi connectivity index (χ1v) is 13.2. The molecule has 2 heterocycles. The molecule has 0 saturated carbocycles. The second-order valence-corrected chi connectivity index (χ2v) is 10.1. The maximum Gasteiger partial charge on any atom is 1.00 e. The molecule has 6 amide bonds. The molecule has 0 spiro atoms. The van der Waals surface area contributed by atoms with Gasteiger partial charge in [0.05, 0.1) is 6.54 Å². The summed E-state index contributed by atoms with van der Waals surface area (Å²) in [5.74, 6) is -4.61. The van der Waals surface area contributed by atoms with Crippen LogP contribution in [0, 0.1) is 0 Å². The van der Waals surface area contributed by atoms with Crippen molar-refractivity contribution in [2.24, 2.45) is 0 Å². The summed E-state index contributed by atoms with van der Waals surface area (Å²) in [4.78, 5) is 64.1. The van der Waals surface area contributed by atoms with Crippen LogP contribution in [0.15, 0.2) is 24.3 Å². The topological polar surface area (TPSA) is 237 Å². The third kappa shape index (κ3) is 8.59. The van der Waals surface area contributed by atoms with E-state index < -0.39 is 69.0 Å². The SMILES string of the molecule is CCN1CCN(C(=O)NC(C(=O)NC2CN(S(=O)(=O)O)C2=O)c2ccc(OS(=O)(=O)O)cc2)C(=O)C1=O.[H-].[H-].[Na+].[Na+]. The molecule has 2 atom stereocenters. The van der Waals surface area contributed by atoms with E-state index in [-0.39, 0.29) is 97.2 Å². The van der Waals surface area contributed by atoms with Crippen molar-refractivity contribution in [1.29, 1.82) is 0 Å². The second kappa shape index (κ2) is 13.7. The van der Waals surface area contributed by atoms with Crippen molar-refractivity contribution in [2.75, 3.05) is 26.2 Å². The zero-order chi connectivity index (χ0) is 27.7. The number of β-lactam (4-membered cyclic amide) rings is 1. The first-order valence-electron chi connectivity index (χ1n) is 10.4. The van der Waals surface area contributed by atoms with Gasteiger partial charge in [0.2, 0.25) is 5.91 Å². The molecule has 1 aromatic carbocycles. The number of carbonyl (C=O) groups is 5. The first-order chi connectivity index (χ1) is 17.1. The van der Waals surface area contributed by atoms with Gasteiger partial charge in [0.15, 0.2) is 0 Å². The number of hydrogen-bond donors (Lipinski definition) is 4. The molecule has 2 aliphatic heterocycles. The summed E-state index contributed by atoms with van der Waals surface area (Å²) >= 11 is 0. The van der Waals surface area contributed by atoms with E-state index in [1.54, 1.807) is 6.92 Å². The molecule has 2 saturated heterocycles. The Morgan fingerprint density at radius 1 is 1.05 bits per heavy atom. The Morgan fingerprint density at radius 3 is 2.13 bits per heavy atom. The van der Waals surface area contributed by atoms with Crippen LogP contribution < -0.4 is 73.9 Å². The van der Waals surface area contributed by atoms with E-state index in [1.807, 2.05) is 0 Å². The van der Waals surface area contributed by atoms with Crippen molar-refractivity contribution in [2.45, 2.75) is 19.0 Å². The number of imide groups is 1. The van der Waals surface area contributed by atoms with Crippen molar-refractivity contribution in [3.05, 3.63) is 29.8 Å². The molecule has 0 aliphatic carbocycles. The van der Waals surface area contributed by atoms with Crippen LogP contribution in [0.3, 0.4) is 0 Å². The Morgan fingerprint density at radius 2 is 1.64 bits per heavy atom. The summed E-state index contributed by atoms with van der Waals surface area (Å²) < 4.78 is 66.1. The fourth-order valence-corrected chi connectivity index (χ4v) is 4.52. The maximum absolute atomic E-state index is 13.0. The molecule has 1 aromatic rings. The number of nitrogens with one attached hydrogen (secondary N) is 2. The standard InChI is InChI=1S/C18H21N5O12S2.2Na.2H/c1-2-21-7-8-22(17(27)16(21)26)18(28)20-13(10-3-5-11(6-4-10)35-37(32,33)34)14(24)19-12-9-23(15(12)25)36(29,30)31;;;;/h3-6,12-13H,2,7-9H2,1H3,(H,19,24)(H,20,28)(H,29,30,31)(H,32,33,34);;;;/q;2*+1;2*-1. The average Bonchev–Trinajstić information content (AvgIpc) is 2.79. The van der Waals surface area contributed by atoms with Crippen molar-refractivity contribution >= 4 is 50.4 Å². The molecule has 21 heteroatoms. The monoisotopic (exact) mass is 611 g/mol. The summed E-state index contributed by atoms with van der Waals surface area (Å²) in [5, 5.41) is 4.44. The van der Waals surface area contributed by atoms with E-state index in [9.17, 15) is 40.8 Å². The van der Waals surface area contributed by atoms with E-state index in [2.05, 4.69) is 14.8 Å². The molecular formula is C18H23N5Na2O12S2. The van der Waals surface area contributed by atoms with Crippen molar-refractivity contribution in [1.82, 2.24) is 24.7 Å². The van der Waals surface area contributed by atoms with Gasteiger partial charge in [-0.3, -0.25) is 33.2 Å². The van der Waals surface area contributed by atoms with Gasteiger partial charge in [-0.15, -0.1) is 0 Å². The largest absolute Gasteiger partial charge is 1.00 e. The Labute approximate surface area is 269 Å². The zero-order valence-corrected chi connectivity index (χ0v) is 26.6.